The lowest BCUT2D eigenvalue weighted by atomic mass is 10.1. The van der Waals surface area contributed by atoms with Crippen molar-refractivity contribution in [2.45, 2.75) is 27.2 Å². The second-order valence-corrected chi connectivity index (χ2v) is 6.22. The molecule has 3 nitrogen and oxygen atoms in total. The predicted molar refractivity (Wildman–Crippen MR) is 86.3 cm³/mol. The van der Waals surface area contributed by atoms with E-state index in [1.165, 1.54) is 5.56 Å². The van der Waals surface area contributed by atoms with Crippen molar-refractivity contribution in [2.24, 2.45) is 5.92 Å². The fraction of sp³-hybridized carbons (Fsp3) is 0.333. The van der Waals surface area contributed by atoms with Gasteiger partial charge in [-0.25, -0.2) is 4.98 Å². The Kier molecular flexibility index (Phi) is 4.39. The summed E-state index contributed by atoms with van der Waals surface area (Å²) in [6, 6.07) is 8.02. The van der Waals surface area contributed by atoms with E-state index in [4.69, 9.17) is 0 Å². The summed E-state index contributed by atoms with van der Waals surface area (Å²) in [6.45, 7) is 6.30. The Labute approximate surface area is 126 Å². The summed E-state index contributed by atoms with van der Waals surface area (Å²) >= 11 is 2.07. The normalized spacial score (nSPS) is 11.0. The van der Waals surface area contributed by atoms with Crippen LogP contribution in [-0.4, -0.2) is 9.97 Å². The Morgan fingerprint density at radius 1 is 1.26 bits per heavy atom. The first-order chi connectivity index (χ1) is 8.97. The third kappa shape index (κ3) is 3.43. The largest absolute Gasteiger partial charge is 0.306 e. The lowest BCUT2D eigenvalue weighted by Gasteiger charge is -2.09. The highest BCUT2D eigenvalue weighted by molar-refractivity contribution is 14.1. The Balaban J connectivity index is 2.50. The lowest BCUT2D eigenvalue weighted by molar-refractivity contribution is 0.631. The Hall–Kier alpha value is -1.17. The van der Waals surface area contributed by atoms with Crippen molar-refractivity contribution in [3.8, 4) is 11.4 Å². The van der Waals surface area contributed by atoms with E-state index in [0.717, 1.165) is 17.7 Å². The second-order valence-electron chi connectivity index (χ2n) is 5.14. The molecule has 0 fully saturated rings. The van der Waals surface area contributed by atoms with Gasteiger partial charge in [0.15, 0.2) is 0 Å². The molecule has 0 aliphatic carbocycles. The van der Waals surface area contributed by atoms with Gasteiger partial charge in [-0.3, -0.25) is 4.79 Å². The number of benzene rings is 1. The molecule has 0 amide bonds. The van der Waals surface area contributed by atoms with Gasteiger partial charge < -0.3 is 4.98 Å². The number of hydrogen-bond donors (Lipinski definition) is 1. The number of nitrogens with one attached hydrogen (secondary N) is 1. The lowest BCUT2D eigenvalue weighted by Crippen LogP contribution is -2.17. The molecule has 0 aliphatic heterocycles. The molecular weight excluding hydrogens is 351 g/mol. The zero-order valence-electron chi connectivity index (χ0n) is 11.3. The third-order valence-electron chi connectivity index (χ3n) is 2.86. The number of rotatable bonds is 3. The Bertz CT molecular complexity index is 630. The van der Waals surface area contributed by atoms with Crippen LogP contribution in [0.4, 0.5) is 0 Å². The number of aromatic nitrogens is 2. The van der Waals surface area contributed by atoms with E-state index in [1.54, 1.807) is 0 Å². The predicted octanol–water partition coefficient (Wildman–Crippen LogP) is 3.55. The average Bonchev–Trinajstić information content (AvgIpc) is 2.35. The fourth-order valence-corrected chi connectivity index (χ4v) is 2.35. The first-order valence-corrected chi connectivity index (χ1v) is 7.41. The smallest absolute Gasteiger partial charge is 0.264 e. The second kappa shape index (κ2) is 5.86. The van der Waals surface area contributed by atoms with Gasteiger partial charge in [0.05, 0.1) is 9.26 Å². The van der Waals surface area contributed by atoms with E-state index in [-0.39, 0.29) is 5.56 Å². The van der Waals surface area contributed by atoms with Crippen molar-refractivity contribution < 1.29 is 0 Å². The molecule has 0 saturated carbocycles. The van der Waals surface area contributed by atoms with Crippen LogP contribution in [-0.2, 0) is 6.42 Å². The monoisotopic (exact) mass is 368 g/mol. The maximum Gasteiger partial charge on any atom is 0.264 e. The number of hydrogen-bond acceptors (Lipinski definition) is 2. The van der Waals surface area contributed by atoms with Crippen molar-refractivity contribution in [1.82, 2.24) is 9.97 Å². The number of H-pyrrole nitrogens is 1. The number of aryl methyl sites for hydroxylation is 1. The molecule has 4 heteroatoms. The minimum Gasteiger partial charge on any atom is -0.306 e. The SMILES string of the molecule is Cc1ccc(-c2nc(CC(C)C)c(I)c(=O)[nH]2)cc1. The third-order valence-corrected chi connectivity index (χ3v) is 3.97. The summed E-state index contributed by atoms with van der Waals surface area (Å²) < 4.78 is 0.696. The zero-order valence-corrected chi connectivity index (χ0v) is 13.5. The summed E-state index contributed by atoms with van der Waals surface area (Å²) in [5.41, 5.74) is 2.97. The van der Waals surface area contributed by atoms with Crippen molar-refractivity contribution in [2.75, 3.05) is 0 Å². The van der Waals surface area contributed by atoms with Crippen LogP contribution in [0.5, 0.6) is 0 Å². The summed E-state index contributed by atoms with van der Waals surface area (Å²) in [4.78, 5) is 19.4. The molecule has 0 unspecified atom stereocenters. The van der Waals surface area contributed by atoms with Gasteiger partial charge in [-0.05, 0) is 41.9 Å². The molecule has 0 aliphatic rings. The molecule has 0 atom stereocenters. The van der Waals surface area contributed by atoms with E-state index in [2.05, 4.69) is 46.4 Å². The standard InChI is InChI=1S/C15H17IN2O/c1-9(2)8-12-13(16)15(19)18-14(17-12)11-6-4-10(3)5-7-11/h4-7,9H,8H2,1-3H3,(H,17,18,19). The van der Waals surface area contributed by atoms with Crippen molar-refractivity contribution in [3.63, 3.8) is 0 Å². The topological polar surface area (TPSA) is 45.8 Å². The van der Waals surface area contributed by atoms with Gasteiger partial charge >= 0.3 is 0 Å². The first kappa shape index (κ1) is 14.2. The maximum absolute atomic E-state index is 12.0. The van der Waals surface area contributed by atoms with Crippen molar-refractivity contribution >= 4 is 22.6 Å². The van der Waals surface area contributed by atoms with Crippen LogP contribution in [0.2, 0.25) is 0 Å². The van der Waals surface area contributed by atoms with Crippen LogP contribution < -0.4 is 5.56 Å². The molecule has 1 heterocycles. The van der Waals surface area contributed by atoms with Crippen LogP contribution in [0.25, 0.3) is 11.4 Å². The van der Waals surface area contributed by atoms with E-state index < -0.39 is 0 Å². The van der Waals surface area contributed by atoms with Gasteiger partial charge in [-0.15, -0.1) is 0 Å². The molecule has 19 heavy (non-hydrogen) atoms. The molecule has 0 radical (unpaired) electrons. The molecule has 1 aromatic carbocycles. The summed E-state index contributed by atoms with van der Waals surface area (Å²) in [6.07, 6.45) is 0.820. The van der Waals surface area contributed by atoms with Gasteiger partial charge in [0.2, 0.25) is 0 Å². The summed E-state index contributed by atoms with van der Waals surface area (Å²) in [7, 11) is 0. The fourth-order valence-electron chi connectivity index (χ4n) is 1.88. The first-order valence-electron chi connectivity index (χ1n) is 6.33. The highest BCUT2D eigenvalue weighted by Gasteiger charge is 2.11. The average molecular weight is 368 g/mol. The Morgan fingerprint density at radius 3 is 2.47 bits per heavy atom. The van der Waals surface area contributed by atoms with E-state index in [1.807, 2.05) is 31.2 Å². The van der Waals surface area contributed by atoms with Crippen LogP contribution >= 0.6 is 22.6 Å². The molecule has 0 spiro atoms. The highest BCUT2D eigenvalue weighted by atomic mass is 127. The van der Waals surface area contributed by atoms with Crippen LogP contribution in [0, 0.1) is 16.4 Å². The van der Waals surface area contributed by atoms with E-state index >= 15 is 0 Å². The highest BCUT2D eigenvalue weighted by Crippen LogP contribution is 2.17. The van der Waals surface area contributed by atoms with Crippen LogP contribution in [0.15, 0.2) is 29.1 Å². The van der Waals surface area contributed by atoms with Crippen molar-refractivity contribution in [3.05, 3.63) is 49.4 Å². The van der Waals surface area contributed by atoms with Gasteiger partial charge in [0, 0.05) is 5.56 Å². The molecule has 2 aromatic rings. The van der Waals surface area contributed by atoms with Crippen LogP contribution in [0.1, 0.15) is 25.1 Å². The van der Waals surface area contributed by atoms with Crippen molar-refractivity contribution in [1.29, 1.82) is 0 Å². The summed E-state index contributed by atoms with van der Waals surface area (Å²) in [5, 5.41) is 0. The summed E-state index contributed by atoms with van der Waals surface area (Å²) in [5.74, 6) is 1.13. The van der Waals surface area contributed by atoms with Crippen LogP contribution in [0.3, 0.4) is 0 Å². The quantitative estimate of drug-likeness (QED) is 0.843. The Morgan fingerprint density at radius 2 is 1.89 bits per heavy atom. The molecule has 0 saturated heterocycles. The minimum absolute atomic E-state index is 0.0539. The zero-order chi connectivity index (χ0) is 14.0. The number of aromatic amines is 1. The van der Waals surface area contributed by atoms with Gasteiger partial charge in [-0.1, -0.05) is 43.7 Å². The molecule has 1 aromatic heterocycles. The van der Waals surface area contributed by atoms with E-state index in [0.29, 0.717) is 15.3 Å². The van der Waals surface area contributed by atoms with Gasteiger partial charge in [-0.2, -0.15) is 0 Å². The van der Waals surface area contributed by atoms with Gasteiger partial charge in [0.1, 0.15) is 5.82 Å². The van der Waals surface area contributed by atoms with E-state index in [9.17, 15) is 4.79 Å². The van der Waals surface area contributed by atoms with Gasteiger partial charge in [0.25, 0.3) is 5.56 Å². The maximum atomic E-state index is 12.0. The number of nitrogens with zero attached hydrogens (tertiary/aromatic N) is 1. The molecule has 0 bridgehead atoms. The molecule has 1 N–H and O–H groups in total. The molecule has 2 rings (SSSR count). The molecule has 100 valence electrons. The number of halogens is 1. The molecular formula is C15H17IN2O. The minimum atomic E-state index is -0.0539.